The van der Waals surface area contributed by atoms with Crippen LogP contribution in [0.1, 0.15) is 41.5 Å². The summed E-state index contributed by atoms with van der Waals surface area (Å²) in [5.74, 6) is 1.75. The summed E-state index contributed by atoms with van der Waals surface area (Å²) >= 11 is 0. The Balaban J connectivity index is 0. The molecule has 0 aliphatic rings. The maximum Gasteiger partial charge on any atom is -0.0469 e. The van der Waals surface area contributed by atoms with Crippen molar-refractivity contribution in [1.29, 1.82) is 0 Å². The smallest absolute Gasteiger partial charge is 0.0469 e. The molecule has 8 heavy (non-hydrogen) atoms. The standard InChI is InChI=1S/C7H16.CH4/c1-6(2)5-7(3)4;/h6-7H,5H2,1-4H3;1H4. The van der Waals surface area contributed by atoms with Gasteiger partial charge in [0.25, 0.3) is 0 Å². The zero-order valence-electron chi connectivity index (χ0n) is 5.86. The molecular formula is C8H20. The van der Waals surface area contributed by atoms with Crippen molar-refractivity contribution in [2.45, 2.75) is 41.5 Å². The van der Waals surface area contributed by atoms with E-state index >= 15 is 0 Å². The zero-order chi connectivity index (χ0) is 5.86. The predicted octanol–water partition coefficient (Wildman–Crippen LogP) is 3.32. The molecule has 0 rings (SSSR count). The molecule has 0 unspecified atom stereocenters. The Morgan fingerprint density at radius 1 is 0.875 bits per heavy atom. The first-order chi connectivity index (χ1) is 3.13. The average molecular weight is 116 g/mol. The van der Waals surface area contributed by atoms with Crippen molar-refractivity contribution >= 4 is 0 Å². The molecule has 0 spiro atoms. The minimum atomic E-state index is 0. The topological polar surface area (TPSA) is 0 Å². The Hall–Kier alpha value is 0. The van der Waals surface area contributed by atoms with E-state index in [4.69, 9.17) is 0 Å². The third kappa shape index (κ3) is 9.38. The highest BCUT2D eigenvalue weighted by atomic mass is 14.0. The largest absolute Gasteiger partial charge is 0.0776 e. The van der Waals surface area contributed by atoms with Crippen LogP contribution in [0.15, 0.2) is 0 Å². The van der Waals surface area contributed by atoms with Crippen LogP contribution in [-0.2, 0) is 0 Å². The first kappa shape index (κ1) is 10.9. The quantitative estimate of drug-likeness (QED) is 0.519. The summed E-state index contributed by atoms with van der Waals surface area (Å²) in [7, 11) is 0. The minimum Gasteiger partial charge on any atom is -0.0776 e. The molecule has 0 saturated heterocycles. The highest BCUT2D eigenvalue weighted by Crippen LogP contribution is 2.08. The van der Waals surface area contributed by atoms with E-state index in [1.807, 2.05) is 0 Å². The Labute approximate surface area is 54.3 Å². The summed E-state index contributed by atoms with van der Waals surface area (Å²) in [6, 6.07) is 0. The van der Waals surface area contributed by atoms with Crippen molar-refractivity contribution in [3.63, 3.8) is 0 Å². The minimum absolute atomic E-state index is 0. The normalized spacial score (nSPS) is 9.75. The first-order valence-corrected chi connectivity index (χ1v) is 3.13. The molecule has 0 amide bonds. The molecule has 0 aromatic heterocycles. The van der Waals surface area contributed by atoms with Crippen molar-refractivity contribution in [2.24, 2.45) is 11.8 Å². The van der Waals surface area contributed by atoms with Crippen LogP contribution >= 0.6 is 0 Å². The molecule has 0 atom stereocenters. The summed E-state index contributed by atoms with van der Waals surface area (Å²) in [5.41, 5.74) is 0. The van der Waals surface area contributed by atoms with Gasteiger partial charge < -0.3 is 0 Å². The summed E-state index contributed by atoms with van der Waals surface area (Å²) in [6.45, 7) is 9.06. The van der Waals surface area contributed by atoms with Crippen molar-refractivity contribution in [3.05, 3.63) is 0 Å². The van der Waals surface area contributed by atoms with Gasteiger partial charge in [0, 0.05) is 0 Å². The van der Waals surface area contributed by atoms with E-state index < -0.39 is 0 Å². The van der Waals surface area contributed by atoms with E-state index in [-0.39, 0.29) is 7.43 Å². The van der Waals surface area contributed by atoms with Gasteiger partial charge in [0.15, 0.2) is 0 Å². The maximum atomic E-state index is 2.26. The van der Waals surface area contributed by atoms with Crippen LogP contribution in [0.3, 0.4) is 0 Å². The number of rotatable bonds is 2. The molecule has 0 fully saturated rings. The van der Waals surface area contributed by atoms with Crippen LogP contribution in [0.4, 0.5) is 0 Å². The van der Waals surface area contributed by atoms with Gasteiger partial charge in [0.1, 0.15) is 0 Å². The second-order valence-electron chi connectivity index (χ2n) is 3.02. The van der Waals surface area contributed by atoms with Crippen molar-refractivity contribution < 1.29 is 0 Å². The summed E-state index contributed by atoms with van der Waals surface area (Å²) in [6.07, 6.45) is 1.36. The molecule has 0 bridgehead atoms. The van der Waals surface area contributed by atoms with Crippen LogP contribution < -0.4 is 0 Å². The second-order valence-corrected chi connectivity index (χ2v) is 3.02. The van der Waals surface area contributed by atoms with E-state index in [2.05, 4.69) is 27.7 Å². The molecule has 52 valence electrons. The van der Waals surface area contributed by atoms with Gasteiger partial charge in [-0.15, -0.1) is 0 Å². The van der Waals surface area contributed by atoms with Gasteiger partial charge in [-0.1, -0.05) is 35.1 Å². The molecular weight excluding hydrogens is 96.1 g/mol. The van der Waals surface area contributed by atoms with E-state index in [1.54, 1.807) is 0 Å². The predicted molar refractivity (Wildman–Crippen MR) is 41.0 cm³/mol. The van der Waals surface area contributed by atoms with Crippen LogP contribution in [-0.4, -0.2) is 0 Å². The fraction of sp³-hybridized carbons (Fsp3) is 1.00. The van der Waals surface area contributed by atoms with Crippen LogP contribution in [0.2, 0.25) is 0 Å². The summed E-state index contributed by atoms with van der Waals surface area (Å²) < 4.78 is 0. The third-order valence-electron chi connectivity index (χ3n) is 0.943. The van der Waals surface area contributed by atoms with Crippen LogP contribution in [0.25, 0.3) is 0 Å². The number of hydrogen-bond acceptors (Lipinski definition) is 0. The average Bonchev–Trinajstić information content (AvgIpc) is 1.27. The van der Waals surface area contributed by atoms with E-state index in [0.717, 1.165) is 11.8 Å². The lowest BCUT2D eigenvalue weighted by Gasteiger charge is -2.05. The second kappa shape index (κ2) is 5.14. The van der Waals surface area contributed by atoms with Gasteiger partial charge in [0.2, 0.25) is 0 Å². The SMILES string of the molecule is C.CC(C)CC(C)C. The van der Waals surface area contributed by atoms with E-state index in [0.29, 0.717) is 0 Å². The molecule has 0 N–H and O–H groups in total. The lowest BCUT2D eigenvalue weighted by Crippen LogP contribution is -1.93. The molecule has 0 nitrogen and oxygen atoms in total. The Kier molecular flexibility index (Phi) is 7.00. The zero-order valence-corrected chi connectivity index (χ0v) is 5.86. The third-order valence-corrected chi connectivity index (χ3v) is 0.943. The van der Waals surface area contributed by atoms with E-state index in [9.17, 15) is 0 Å². The molecule has 0 aliphatic heterocycles. The molecule has 0 aromatic rings. The molecule has 0 saturated carbocycles. The van der Waals surface area contributed by atoms with Gasteiger partial charge in [-0.05, 0) is 18.3 Å². The van der Waals surface area contributed by atoms with Gasteiger partial charge in [-0.3, -0.25) is 0 Å². The Morgan fingerprint density at radius 2 is 1.12 bits per heavy atom. The Bertz CT molecular complexity index is 29.3. The lowest BCUT2D eigenvalue weighted by molar-refractivity contribution is 0.469. The number of hydrogen-bond donors (Lipinski definition) is 0. The van der Waals surface area contributed by atoms with Gasteiger partial charge >= 0.3 is 0 Å². The highest BCUT2D eigenvalue weighted by Gasteiger charge is 1.95. The van der Waals surface area contributed by atoms with E-state index in [1.165, 1.54) is 6.42 Å². The molecule has 0 aromatic carbocycles. The van der Waals surface area contributed by atoms with Gasteiger partial charge in [-0.25, -0.2) is 0 Å². The van der Waals surface area contributed by atoms with Crippen molar-refractivity contribution in [1.82, 2.24) is 0 Å². The molecule has 0 heteroatoms. The van der Waals surface area contributed by atoms with Crippen molar-refractivity contribution in [2.75, 3.05) is 0 Å². The fourth-order valence-corrected chi connectivity index (χ4v) is 0.943. The van der Waals surface area contributed by atoms with Crippen LogP contribution in [0, 0.1) is 11.8 Å². The van der Waals surface area contributed by atoms with Gasteiger partial charge in [-0.2, -0.15) is 0 Å². The first-order valence-electron chi connectivity index (χ1n) is 3.13. The highest BCUT2D eigenvalue weighted by molar-refractivity contribution is 4.47. The van der Waals surface area contributed by atoms with Crippen LogP contribution in [0.5, 0.6) is 0 Å². The molecule has 0 radical (unpaired) electrons. The Morgan fingerprint density at radius 3 is 1.12 bits per heavy atom. The monoisotopic (exact) mass is 116 g/mol. The van der Waals surface area contributed by atoms with Crippen molar-refractivity contribution in [3.8, 4) is 0 Å². The lowest BCUT2D eigenvalue weighted by atomic mass is 10.0. The summed E-state index contributed by atoms with van der Waals surface area (Å²) in [4.78, 5) is 0. The molecule has 0 aliphatic carbocycles. The van der Waals surface area contributed by atoms with Gasteiger partial charge in [0.05, 0.1) is 0 Å². The molecule has 0 heterocycles. The fourth-order valence-electron chi connectivity index (χ4n) is 0.943. The summed E-state index contributed by atoms with van der Waals surface area (Å²) in [5, 5.41) is 0. The maximum absolute atomic E-state index is 2.26.